The van der Waals surface area contributed by atoms with E-state index in [1.807, 2.05) is 5.48 Å². The molecule has 29 heavy (non-hydrogen) atoms. The summed E-state index contributed by atoms with van der Waals surface area (Å²) in [6.45, 7) is 0.0583. The number of rotatable bonds is 7. The van der Waals surface area contributed by atoms with Crippen LogP contribution in [0, 0.1) is 5.41 Å². The molecule has 0 heterocycles. The van der Waals surface area contributed by atoms with E-state index in [0.717, 1.165) is 6.92 Å². The van der Waals surface area contributed by atoms with Crippen molar-refractivity contribution in [3.63, 3.8) is 0 Å². The van der Waals surface area contributed by atoms with Crippen molar-refractivity contribution in [2.45, 2.75) is 17.0 Å². The van der Waals surface area contributed by atoms with Gasteiger partial charge in [0.25, 0.3) is 0 Å². The molecule has 0 saturated carbocycles. The number of allylic oxidation sites excluding steroid dienone is 1. The first-order valence-electron chi connectivity index (χ1n) is 7.73. The van der Waals surface area contributed by atoms with Crippen LogP contribution < -0.4 is 10.8 Å². The molecule has 1 rings (SSSR count). The molecule has 3 atom stereocenters. The SMILES string of the molecule is COC1=C(I)C(C(=O)O)(C(=O)NCC(O)CO)C(I)C(C(=O)ONC(C)=O)=C1I. The molecule has 0 aromatic heterocycles. The van der Waals surface area contributed by atoms with Crippen LogP contribution in [0.25, 0.3) is 0 Å². The topological polar surface area (TPSA) is 171 Å². The maximum absolute atomic E-state index is 13.0. The van der Waals surface area contributed by atoms with E-state index < -0.39 is 52.3 Å². The smallest absolute Gasteiger partial charge is 0.361 e. The number of aliphatic carboxylic acids is 1. The van der Waals surface area contributed by atoms with Gasteiger partial charge in [-0.1, -0.05) is 22.6 Å². The summed E-state index contributed by atoms with van der Waals surface area (Å²) in [4.78, 5) is 53.6. The summed E-state index contributed by atoms with van der Waals surface area (Å²) >= 11 is 5.06. The fourth-order valence-corrected chi connectivity index (χ4v) is 7.74. The number of nitrogens with one attached hydrogen (secondary N) is 2. The number of hydrogen-bond donors (Lipinski definition) is 5. The third-order valence-corrected chi connectivity index (χ3v) is 7.70. The summed E-state index contributed by atoms with van der Waals surface area (Å²) in [6, 6.07) is 0. The Morgan fingerprint density at radius 1 is 1.28 bits per heavy atom. The second kappa shape index (κ2) is 11.0. The van der Waals surface area contributed by atoms with Crippen LogP contribution in [0.5, 0.6) is 0 Å². The van der Waals surface area contributed by atoms with Crippen LogP contribution in [-0.4, -0.2) is 69.4 Å². The van der Waals surface area contributed by atoms with E-state index in [1.54, 1.807) is 67.8 Å². The Morgan fingerprint density at radius 2 is 1.86 bits per heavy atom. The van der Waals surface area contributed by atoms with E-state index >= 15 is 0 Å². The number of halogens is 3. The molecule has 1 aliphatic carbocycles. The Morgan fingerprint density at radius 3 is 2.31 bits per heavy atom. The van der Waals surface area contributed by atoms with E-state index in [2.05, 4.69) is 5.32 Å². The number of amides is 2. The quantitative estimate of drug-likeness (QED) is 0.103. The first-order valence-corrected chi connectivity index (χ1v) is 11.1. The average Bonchev–Trinajstić information content (AvgIpc) is 2.64. The highest BCUT2D eigenvalue weighted by Crippen LogP contribution is 2.52. The molecule has 0 saturated heterocycles. The van der Waals surface area contributed by atoms with Crippen LogP contribution in [0.15, 0.2) is 18.5 Å². The second-order valence-electron chi connectivity index (χ2n) is 5.64. The van der Waals surface area contributed by atoms with Gasteiger partial charge in [0.15, 0.2) is 5.41 Å². The zero-order valence-corrected chi connectivity index (χ0v) is 21.5. The number of aliphatic hydroxyl groups is 2. The molecule has 11 nitrogen and oxygen atoms in total. The number of hydrogen-bond acceptors (Lipinski definition) is 8. The number of carboxylic acids is 1. The molecule has 14 heteroatoms. The lowest BCUT2D eigenvalue weighted by atomic mass is 9.76. The Hall–Kier alpha value is -0.730. The van der Waals surface area contributed by atoms with Gasteiger partial charge < -0.3 is 30.2 Å². The van der Waals surface area contributed by atoms with Gasteiger partial charge in [0.1, 0.15) is 5.76 Å². The van der Waals surface area contributed by atoms with Gasteiger partial charge in [-0.2, -0.15) is 5.48 Å². The lowest BCUT2D eigenvalue weighted by molar-refractivity contribution is -0.155. The van der Waals surface area contributed by atoms with Crippen molar-refractivity contribution in [3.8, 4) is 0 Å². The van der Waals surface area contributed by atoms with E-state index in [9.17, 15) is 29.4 Å². The van der Waals surface area contributed by atoms with Crippen molar-refractivity contribution in [1.82, 2.24) is 10.8 Å². The van der Waals surface area contributed by atoms with E-state index in [0.29, 0.717) is 0 Å². The van der Waals surface area contributed by atoms with Crippen LogP contribution in [0.1, 0.15) is 6.92 Å². The van der Waals surface area contributed by atoms with Crippen LogP contribution in [0.3, 0.4) is 0 Å². The number of alkyl halides is 1. The highest BCUT2D eigenvalue weighted by Gasteiger charge is 2.61. The minimum Gasteiger partial charge on any atom is -0.495 e. The number of carboxylic acid groups (broad SMARTS) is 1. The van der Waals surface area contributed by atoms with Gasteiger partial charge in [0, 0.05) is 13.5 Å². The molecule has 0 radical (unpaired) electrons. The molecule has 162 valence electrons. The summed E-state index contributed by atoms with van der Waals surface area (Å²) in [5, 5.41) is 30.7. The minimum absolute atomic E-state index is 0.000894. The minimum atomic E-state index is -2.29. The number of hydroxylamine groups is 1. The van der Waals surface area contributed by atoms with Crippen LogP contribution in [0.2, 0.25) is 0 Å². The van der Waals surface area contributed by atoms with E-state index in [4.69, 9.17) is 14.7 Å². The fraction of sp³-hybridized carbons (Fsp3) is 0.467. The molecule has 2 amide bonds. The predicted octanol–water partition coefficient (Wildman–Crippen LogP) is -0.0796. The lowest BCUT2D eigenvalue weighted by Gasteiger charge is -2.37. The molecule has 0 spiro atoms. The van der Waals surface area contributed by atoms with Gasteiger partial charge in [-0.3, -0.25) is 14.4 Å². The van der Waals surface area contributed by atoms with Gasteiger partial charge in [0.2, 0.25) is 11.8 Å². The molecule has 0 aromatic rings. The molecular formula is C15H17I3N2O9. The van der Waals surface area contributed by atoms with Crippen molar-refractivity contribution < 1.29 is 44.1 Å². The fourth-order valence-electron chi connectivity index (χ4n) is 2.31. The van der Waals surface area contributed by atoms with Gasteiger partial charge in [-0.05, 0) is 45.2 Å². The van der Waals surface area contributed by atoms with Crippen molar-refractivity contribution >= 4 is 91.5 Å². The Balaban J connectivity index is 3.56. The summed E-state index contributed by atoms with van der Waals surface area (Å²) in [7, 11) is 1.25. The van der Waals surface area contributed by atoms with Crippen molar-refractivity contribution in [1.29, 1.82) is 0 Å². The average molecular weight is 750 g/mol. The molecule has 5 N–H and O–H groups in total. The maximum Gasteiger partial charge on any atom is 0.361 e. The van der Waals surface area contributed by atoms with Crippen molar-refractivity contribution in [2.24, 2.45) is 5.41 Å². The van der Waals surface area contributed by atoms with Crippen LogP contribution >= 0.6 is 67.8 Å². The van der Waals surface area contributed by atoms with E-state index in [1.165, 1.54) is 7.11 Å². The summed E-state index contributed by atoms with van der Waals surface area (Å²) in [5.41, 5.74) is -0.623. The highest BCUT2D eigenvalue weighted by molar-refractivity contribution is 14.1. The first-order chi connectivity index (χ1) is 13.5. The van der Waals surface area contributed by atoms with Crippen molar-refractivity contribution in [2.75, 3.05) is 20.3 Å². The van der Waals surface area contributed by atoms with Crippen molar-refractivity contribution in [3.05, 3.63) is 18.5 Å². The first kappa shape index (κ1) is 26.3. The largest absolute Gasteiger partial charge is 0.495 e. The molecule has 0 fully saturated rings. The Kier molecular flexibility index (Phi) is 10.0. The van der Waals surface area contributed by atoms with Crippen LogP contribution in [0.4, 0.5) is 0 Å². The third kappa shape index (κ3) is 5.31. The summed E-state index contributed by atoms with van der Waals surface area (Å²) in [5.74, 6) is -4.33. The molecule has 1 aliphatic rings. The van der Waals surface area contributed by atoms with Gasteiger partial charge in [-0.25, -0.2) is 4.79 Å². The molecule has 0 bridgehead atoms. The van der Waals surface area contributed by atoms with E-state index in [-0.39, 0.29) is 18.5 Å². The second-order valence-corrected chi connectivity index (χ2v) is 9.05. The maximum atomic E-state index is 13.0. The molecule has 0 aromatic carbocycles. The Labute approximate surface area is 206 Å². The number of aliphatic hydroxyl groups excluding tert-OH is 2. The van der Waals surface area contributed by atoms with Gasteiger partial charge in [0.05, 0.1) is 36.5 Å². The number of carbonyl (C=O) groups excluding carboxylic acids is 3. The number of methoxy groups -OCH3 is 1. The highest BCUT2D eigenvalue weighted by atomic mass is 127. The summed E-state index contributed by atoms with van der Waals surface area (Å²) in [6.07, 6.45) is -1.30. The number of ether oxygens (including phenoxy) is 1. The molecule has 0 aliphatic heterocycles. The Bertz CT molecular complexity index is 783. The van der Waals surface area contributed by atoms with Crippen LogP contribution in [-0.2, 0) is 28.8 Å². The normalized spacial score (nSPS) is 22.7. The predicted molar refractivity (Wildman–Crippen MR) is 123 cm³/mol. The lowest BCUT2D eigenvalue weighted by Crippen LogP contribution is -2.56. The number of carbonyl (C=O) groups is 4. The molecular weight excluding hydrogens is 733 g/mol. The summed E-state index contributed by atoms with van der Waals surface area (Å²) < 4.78 is 4.20. The zero-order chi connectivity index (χ0) is 22.5. The standard InChI is InChI=1S/C15H17I3N2O9/c1-5(22)20-29-12(24)7-8(16)9(28-2)11(18)15(10(7)17,14(26)27)13(25)19-3-6(23)4-21/h6,10,21,23H,3-4H2,1-2H3,(H,19,25)(H,20,22)(H,26,27). The molecule has 3 unspecified atom stereocenters. The van der Waals surface area contributed by atoms with Gasteiger partial charge >= 0.3 is 11.9 Å². The zero-order valence-electron chi connectivity index (χ0n) is 15.0. The van der Waals surface area contributed by atoms with Gasteiger partial charge in [-0.15, -0.1) is 0 Å². The monoisotopic (exact) mass is 750 g/mol. The third-order valence-electron chi connectivity index (χ3n) is 3.73.